The summed E-state index contributed by atoms with van der Waals surface area (Å²) in [6.45, 7) is 0. The summed E-state index contributed by atoms with van der Waals surface area (Å²) in [5, 5.41) is 9.10. The number of fused-ring (bicyclic) bond motifs is 5. The van der Waals surface area contributed by atoms with Crippen molar-refractivity contribution in [3.05, 3.63) is 127 Å². The van der Waals surface area contributed by atoms with E-state index in [1.807, 2.05) is 72.4 Å². The van der Waals surface area contributed by atoms with E-state index in [1.165, 1.54) is 32.1 Å². The maximum atomic E-state index is 4.98. The zero-order valence-electron chi connectivity index (χ0n) is 22.2. The number of nitrogens with zero attached hydrogens (tertiary/aromatic N) is 3. The molecule has 2 atom stereocenters. The molecule has 6 aromatic rings. The number of rotatable bonds is 4. The van der Waals surface area contributed by atoms with Crippen LogP contribution in [0.25, 0.3) is 55.7 Å². The first-order valence-electron chi connectivity index (χ1n) is 13.9. The van der Waals surface area contributed by atoms with Crippen molar-refractivity contribution in [1.29, 1.82) is 0 Å². The first-order chi connectivity index (χ1) is 20.3. The standard InChI is InChI=1S/C36H26N4S/c1-4-10-25(11-5-1)33-38-34(26-12-6-2-7-13-26)40-35(39-33)28-19-17-23-16-18-24-20-21-30-32(31(24)29(23)22-28)37-36(41-30)27-14-8-3-9-15-27/h1-14,16-22,27,36-37H,15H2. The highest BCUT2D eigenvalue weighted by Gasteiger charge is 2.29. The summed E-state index contributed by atoms with van der Waals surface area (Å²) in [5.41, 5.74) is 4.14. The largest absolute Gasteiger partial charge is 0.371 e. The molecular weight excluding hydrogens is 520 g/mol. The summed E-state index contributed by atoms with van der Waals surface area (Å²) in [4.78, 5) is 16.1. The van der Waals surface area contributed by atoms with Gasteiger partial charge in [-0.2, -0.15) is 0 Å². The Labute approximate surface area is 242 Å². The number of allylic oxidation sites excluding steroid dienone is 3. The molecule has 5 heteroatoms. The molecule has 0 spiro atoms. The minimum atomic E-state index is 0.320. The van der Waals surface area contributed by atoms with Crippen molar-refractivity contribution in [2.75, 3.05) is 5.32 Å². The fraction of sp³-hybridized carbons (Fsp3) is 0.0833. The van der Waals surface area contributed by atoms with Crippen LogP contribution in [-0.4, -0.2) is 20.3 Å². The van der Waals surface area contributed by atoms with Gasteiger partial charge in [0.2, 0.25) is 0 Å². The van der Waals surface area contributed by atoms with E-state index in [0.717, 1.165) is 23.1 Å². The van der Waals surface area contributed by atoms with Gasteiger partial charge in [-0.1, -0.05) is 127 Å². The molecular formula is C36H26N4S. The van der Waals surface area contributed by atoms with Crippen molar-refractivity contribution in [3.63, 3.8) is 0 Å². The summed E-state index contributed by atoms with van der Waals surface area (Å²) >= 11 is 1.94. The van der Waals surface area contributed by atoms with Crippen LogP contribution >= 0.6 is 11.8 Å². The van der Waals surface area contributed by atoms with Gasteiger partial charge in [0.05, 0.1) is 11.1 Å². The highest BCUT2D eigenvalue weighted by Crippen LogP contribution is 2.48. The van der Waals surface area contributed by atoms with Crippen LogP contribution in [0.15, 0.2) is 132 Å². The molecule has 0 saturated heterocycles. The van der Waals surface area contributed by atoms with E-state index < -0.39 is 0 Å². The molecule has 0 radical (unpaired) electrons. The van der Waals surface area contributed by atoms with E-state index >= 15 is 0 Å². The molecule has 0 fully saturated rings. The molecule has 2 unspecified atom stereocenters. The zero-order valence-corrected chi connectivity index (χ0v) is 23.1. The predicted octanol–water partition coefficient (Wildman–Crippen LogP) is 9.15. The van der Waals surface area contributed by atoms with Gasteiger partial charge in [0.1, 0.15) is 0 Å². The lowest BCUT2D eigenvalue weighted by atomic mass is 9.97. The van der Waals surface area contributed by atoms with Gasteiger partial charge < -0.3 is 5.32 Å². The monoisotopic (exact) mass is 546 g/mol. The molecule has 1 aliphatic heterocycles. The van der Waals surface area contributed by atoms with E-state index in [-0.39, 0.29) is 0 Å². The Hall–Kier alpha value is -4.74. The van der Waals surface area contributed by atoms with Crippen molar-refractivity contribution in [2.24, 2.45) is 5.92 Å². The average Bonchev–Trinajstić information content (AvgIpc) is 3.50. The van der Waals surface area contributed by atoms with E-state index in [1.54, 1.807) is 0 Å². The minimum Gasteiger partial charge on any atom is -0.371 e. The lowest BCUT2D eigenvalue weighted by molar-refractivity contribution is 0.662. The molecule has 4 nitrogen and oxygen atoms in total. The van der Waals surface area contributed by atoms with Gasteiger partial charge in [-0.3, -0.25) is 0 Å². The fourth-order valence-corrected chi connectivity index (χ4v) is 7.02. The smallest absolute Gasteiger partial charge is 0.164 e. The van der Waals surface area contributed by atoms with Crippen LogP contribution in [0.1, 0.15) is 6.42 Å². The quantitative estimate of drug-likeness (QED) is 0.223. The van der Waals surface area contributed by atoms with Gasteiger partial charge in [-0.25, -0.2) is 15.0 Å². The van der Waals surface area contributed by atoms with Crippen LogP contribution in [0.5, 0.6) is 0 Å². The summed E-state index contributed by atoms with van der Waals surface area (Å²) in [7, 11) is 0. The summed E-state index contributed by atoms with van der Waals surface area (Å²) in [6.07, 6.45) is 9.95. The lowest BCUT2D eigenvalue weighted by Gasteiger charge is -2.20. The summed E-state index contributed by atoms with van der Waals surface area (Å²) < 4.78 is 0. The van der Waals surface area contributed by atoms with Gasteiger partial charge in [0.15, 0.2) is 17.5 Å². The SMILES string of the molecule is C1=CCC(C2Nc3c(ccc4ccc5ccc(-c6nc(-c7ccccc7)nc(-c7ccccc7)n6)cc5c34)S2)C=C1. The Morgan fingerprint density at radius 2 is 1.27 bits per heavy atom. The summed E-state index contributed by atoms with van der Waals surface area (Å²) in [5.74, 6) is 2.48. The Morgan fingerprint density at radius 1 is 0.634 bits per heavy atom. The number of thioether (sulfide) groups is 1. The van der Waals surface area contributed by atoms with Gasteiger partial charge in [-0.05, 0) is 34.7 Å². The van der Waals surface area contributed by atoms with Gasteiger partial charge in [0.25, 0.3) is 0 Å². The van der Waals surface area contributed by atoms with Crippen molar-refractivity contribution in [3.8, 4) is 34.2 Å². The molecule has 1 aromatic heterocycles. The third kappa shape index (κ3) is 4.39. The molecule has 41 heavy (non-hydrogen) atoms. The molecule has 0 saturated carbocycles. The normalized spacial score (nSPS) is 17.6. The van der Waals surface area contributed by atoms with Gasteiger partial charge in [0, 0.05) is 32.9 Å². The Bertz CT molecular complexity index is 1930. The van der Waals surface area contributed by atoms with E-state index in [0.29, 0.717) is 28.8 Å². The van der Waals surface area contributed by atoms with E-state index in [9.17, 15) is 0 Å². The van der Waals surface area contributed by atoms with Crippen molar-refractivity contribution in [1.82, 2.24) is 15.0 Å². The summed E-state index contributed by atoms with van der Waals surface area (Å²) in [6, 6.07) is 35.8. The maximum absolute atomic E-state index is 4.98. The highest BCUT2D eigenvalue weighted by atomic mass is 32.2. The molecule has 1 N–H and O–H groups in total. The van der Waals surface area contributed by atoms with Crippen LogP contribution in [0, 0.1) is 5.92 Å². The first-order valence-corrected chi connectivity index (χ1v) is 14.8. The van der Waals surface area contributed by atoms with Crippen molar-refractivity contribution >= 4 is 39.0 Å². The first kappa shape index (κ1) is 24.1. The lowest BCUT2D eigenvalue weighted by Crippen LogP contribution is -2.21. The molecule has 8 rings (SSSR count). The number of nitrogens with one attached hydrogen (secondary N) is 1. The molecule has 1 aliphatic carbocycles. The maximum Gasteiger partial charge on any atom is 0.164 e. The second kappa shape index (κ2) is 10.0. The molecule has 0 amide bonds. The van der Waals surface area contributed by atoms with Crippen LogP contribution in [0.3, 0.4) is 0 Å². The minimum absolute atomic E-state index is 0.320. The van der Waals surface area contributed by atoms with E-state index in [2.05, 4.69) is 72.1 Å². The Morgan fingerprint density at radius 3 is 1.95 bits per heavy atom. The predicted molar refractivity (Wildman–Crippen MR) is 171 cm³/mol. The van der Waals surface area contributed by atoms with E-state index in [4.69, 9.17) is 15.0 Å². The van der Waals surface area contributed by atoms with Gasteiger partial charge in [-0.15, -0.1) is 0 Å². The third-order valence-corrected chi connectivity index (χ3v) is 9.18. The molecule has 2 heterocycles. The molecule has 2 aliphatic rings. The third-order valence-electron chi connectivity index (χ3n) is 7.87. The highest BCUT2D eigenvalue weighted by molar-refractivity contribution is 8.00. The number of hydrogen-bond donors (Lipinski definition) is 1. The Kier molecular flexibility index (Phi) is 5.89. The second-order valence-corrected chi connectivity index (χ2v) is 11.7. The van der Waals surface area contributed by atoms with Crippen molar-refractivity contribution < 1.29 is 0 Å². The van der Waals surface area contributed by atoms with Crippen LogP contribution in [-0.2, 0) is 0 Å². The van der Waals surface area contributed by atoms with Crippen LogP contribution in [0.2, 0.25) is 0 Å². The number of hydrogen-bond acceptors (Lipinski definition) is 5. The topological polar surface area (TPSA) is 50.7 Å². The Balaban J connectivity index is 1.29. The second-order valence-electron chi connectivity index (χ2n) is 10.5. The van der Waals surface area contributed by atoms with Crippen molar-refractivity contribution in [2.45, 2.75) is 16.7 Å². The van der Waals surface area contributed by atoms with Gasteiger partial charge >= 0.3 is 0 Å². The molecule has 5 aromatic carbocycles. The molecule has 0 bridgehead atoms. The number of benzene rings is 5. The fourth-order valence-electron chi connectivity index (χ4n) is 5.77. The average molecular weight is 547 g/mol. The molecule has 196 valence electrons. The zero-order chi connectivity index (χ0) is 27.2. The van der Waals surface area contributed by atoms with Crippen LogP contribution in [0.4, 0.5) is 5.69 Å². The number of anilines is 1. The number of aromatic nitrogens is 3. The van der Waals surface area contributed by atoms with Crippen LogP contribution < -0.4 is 5.32 Å².